The Morgan fingerprint density at radius 3 is 2.86 bits per heavy atom. The molecule has 0 aromatic heterocycles. The van der Waals surface area contributed by atoms with Crippen molar-refractivity contribution < 1.29 is 9.53 Å². The first-order valence-corrected chi connectivity index (χ1v) is 7.02. The minimum Gasteiger partial charge on any atom is -0.457 e. The Hall–Kier alpha value is -2.32. The molecule has 0 unspecified atom stereocenters. The van der Waals surface area contributed by atoms with E-state index < -0.39 is 5.97 Å². The van der Waals surface area contributed by atoms with Crippen molar-refractivity contribution in [2.24, 2.45) is 0 Å². The van der Waals surface area contributed by atoms with Gasteiger partial charge in [0, 0.05) is 10.2 Å². The number of carbonyl (C=O) groups excluding carboxylic acids is 1. The average Bonchev–Trinajstić information content (AvgIpc) is 2.48. The van der Waals surface area contributed by atoms with Gasteiger partial charge in [-0.05, 0) is 42.3 Å². The Labute approximate surface area is 131 Å². The topological polar surface area (TPSA) is 76.1 Å². The van der Waals surface area contributed by atoms with Gasteiger partial charge in [0.1, 0.15) is 6.61 Å². The molecule has 2 rings (SSSR count). The molecule has 106 valence electrons. The zero-order chi connectivity index (χ0) is 15.4. The van der Waals surface area contributed by atoms with Crippen LogP contribution in [0.25, 0.3) is 0 Å². The Morgan fingerprint density at radius 1 is 1.38 bits per heavy atom. The summed E-state index contributed by atoms with van der Waals surface area (Å²) in [5.74, 6) is -0.442. The van der Waals surface area contributed by atoms with Crippen LogP contribution in [0.3, 0.4) is 0 Å². The first-order chi connectivity index (χ1) is 10.0. The lowest BCUT2D eigenvalue weighted by Crippen LogP contribution is -2.09. The normalized spacial score (nSPS) is 9.95. The summed E-state index contributed by atoms with van der Waals surface area (Å²) >= 11 is 3.31. The number of nitrogens with zero attached hydrogens (tertiary/aromatic N) is 1. The summed E-state index contributed by atoms with van der Waals surface area (Å²) in [7, 11) is 0. The van der Waals surface area contributed by atoms with E-state index in [2.05, 4.69) is 15.9 Å². The number of benzene rings is 2. The minimum absolute atomic E-state index is 0.111. The van der Waals surface area contributed by atoms with Crippen molar-refractivity contribution in [3.05, 3.63) is 63.1 Å². The molecule has 0 aliphatic carbocycles. The van der Waals surface area contributed by atoms with Gasteiger partial charge < -0.3 is 10.5 Å². The van der Waals surface area contributed by atoms with Crippen molar-refractivity contribution in [1.29, 1.82) is 5.26 Å². The Balaban J connectivity index is 2.14. The highest BCUT2D eigenvalue weighted by molar-refractivity contribution is 9.10. The molecule has 0 amide bonds. The molecule has 0 saturated carbocycles. The van der Waals surface area contributed by atoms with Gasteiger partial charge in [0.15, 0.2) is 0 Å². The zero-order valence-corrected chi connectivity index (χ0v) is 13.0. The van der Waals surface area contributed by atoms with Gasteiger partial charge in [0.05, 0.1) is 17.2 Å². The maximum Gasteiger partial charge on any atom is 0.338 e. The van der Waals surface area contributed by atoms with E-state index >= 15 is 0 Å². The van der Waals surface area contributed by atoms with Crippen molar-refractivity contribution in [3.63, 3.8) is 0 Å². The SMILES string of the molecule is Cc1c(N)cc(Br)cc1C(=O)OCc1cccc(C#N)c1. The molecular weight excluding hydrogens is 332 g/mol. The van der Waals surface area contributed by atoms with Gasteiger partial charge in [-0.3, -0.25) is 0 Å². The number of nitriles is 1. The third-order valence-corrected chi connectivity index (χ3v) is 3.52. The van der Waals surface area contributed by atoms with E-state index in [4.69, 9.17) is 15.7 Å². The Morgan fingerprint density at radius 2 is 2.14 bits per heavy atom. The Kier molecular flexibility index (Phi) is 4.61. The lowest BCUT2D eigenvalue weighted by atomic mass is 10.1. The summed E-state index contributed by atoms with van der Waals surface area (Å²) in [6.07, 6.45) is 0. The summed E-state index contributed by atoms with van der Waals surface area (Å²) in [5.41, 5.74) is 8.78. The number of ether oxygens (including phenoxy) is 1. The van der Waals surface area contributed by atoms with Gasteiger partial charge in [-0.15, -0.1) is 0 Å². The summed E-state index contributed by atoms with van der Waals surface area (Å²) < 4.78 is 6.01. The van der Waals surface area contributed by atoms with E-state index in [1.54, 1.807) is 43.3 Å². The number of nitrogen functional groups attached to an aromatic ring is 1. The number of halogens is 1. The number of rotatable bonds is 3. The van der Waals surface area contributed by atoms with E-state index in [1.165, 1.54) is 0 Å². The standard InChI is InChI=1S/C16H13BrN2O2/c1-10-14(6-13(17)7-15(10)19)16(20)21-9-12-4-2-3-11(5-12)8-18/h2-7H,9,19H2,1H3. The summed E-state index contributed by atoms with van der Waals surface area (Å²) in [6.45, 7) is 1.88. The van der Waals surface area contributed by atoms with Crippen molar-refractivity contribution in [2.45, 2.75) is 13.5 Å². The van der Waals surface area contributed by atoms with E-state index in [1.807, 2.05) is 6.07 Å². The van der Waals surface area contributed by atoms with E-state index in [0.717, 1.165) is 10.0 Å². The molecule has 0 bridgehead atoms. The fourth-order valence-corrected chi connectivity index (χ4v) is 2.34. The lowest BCUT2D eigenvalue weighted by molar-refractivity contribution is 0.0472. The van der Waals surface area contributed by atoms with Crippen LogP contribution in [0.5, 0.6) is 0 Å². The summed E-state index contributed by atoms with van der Waals surface area (Å²) in [6, 6.07) is 12.4. The predicted molar refractivity (Wildman–Crippen MR) is 83.6 cm³/mol. The molecule has 0 spiro atoms. The molecule has 2 aromatic carbocycles. The molecule has 5 heteroatoms. The van der Waals surface area contributed by atoms with Gasteiger partial charge in [-0.2, -0.15) is 5.26 Å². The smallest absolute Gasteiger partial charge is 0.338 e. The molecular formula is C16H13BrN2O2. The minimum atomic E-state index is -0.442. The van der Waals surface area contributed by atoms with E-state index in [9.17, 15) is 4.79 Å². The molecule has 0 heterocycles. The second-order valence-electron chi connectivity index (χ2n) is 4.56. The third-order valence-electron chi connectivity index (χ3n) is 3.06. The second kappa shape index (κ2) is 6.42. The van der Waals surface area contributed by atoms with Crippen LogP contribution in [0.1, 0.15) is 27.0 Å². The molecule has 0 saturated heterocycles. The Bertz CT molecular complexity index is 736. The molecule has 0 radical (unpaired) electrons. The largest absolute Gasteiger partial charge is 0.457 e. The van der Waals surface area contributed by atoms with Crippen LogP contribution in [0.2, 0.25) is 0 Å². The van der Waals surface area contributed by atoms with Crippen molar-refractivity contribution in [3.8, 4) is 6.07 Å². The maximum atomic E-state index is 12.1. The van der Waals surface area contributed by atoms with Gasteiger partial charge in [-0.25, -0.2) is 4.79 Å². The van der Waals surface area contributed by atoms with Crippen LogP contribution in [0, 0.1) is 18.3 Å². The maximum absolute atomic E-state index is 12.1. The lowest BCUT2D eigenvalue weighted by Gasteiger charge is -2.10. The van der Waals surface area contributed by atoms with E-state index in [-0.39, 0.29) is 6.61 Å². The predicted octanol–water partition coefficient (Wildman–Crippen LogP) is 3.57. The van der Waals surface area contributed by atoms with Crippen molar-refractivity contribution >= 4 is 27.6 Å². The highest BCUT2D eigenvalue weighted by Crippen LogP contribution is 2.23. The van der Waals surface area contributed by atoms with Crippen LogP contribution < -0.4 is 5.73 Å². The molecule has 0 aliphatic rings. The number of anilines is 1. The molecule has 2 aromatic rings. The highest BCUT2D eigenvalue weighted by Gasteiger charge is 2.14. The number of hydrogen-bond acceptors (Lipinski definition) is 4. The fourth-order valence-electron chi connectivity index (χ4n) is 1.87. The first-order valence-electron chi connectivity index (χ1n) is 6.23. The van der Waals surface area contributed by atoms with Gasteiger partial charge >= 0.3 is 5.97 Å². The van der Waals surface area contributed by atoms with Crippen LogP contribution in [0.15, 0.2) is 40.9 Å². The first kappa shape index (κ1) is 15.1. The fraction of sp³-hybridized carbons (Fsp3) is 0.125. The van der Waals surface area contributed by atoms with Gasteiger partial charge in [0.25, 0.3) is 0 Å². The molecule has 0 aliphatic heterocycles. The molecule has 4 nitrogen and oxygen atoms in total. The number of carbonyl (C=O) groups is 1. The second-order valence-corrected chi connectivity index (χ2v) is 5.47. The van der Waals surface area contributed by atoms with Gasteiger partial charge in [-0.1, -0.05) is 28.1 Å². The average molecular weight is 345 g/mol. The van der Waals surface area contributed by atoms with Crippen LogP contribution >= 0.6 is 15.9 Å². The molecule has 21 heavy (non-hydrogen) atoms. The number of hydrogen-bond donors (Lipinski definition) is 1. The van der Waals surface area contributed by atoms with Crippen LogP contribution in [-0.4, -0.2) is 5.97 Å². The third kappa shape index (κ3) is 3.61. The molecule has 0 fully saturated rings. The molecule has 2 N–H and O–H groups in total. The van der Waals surface area contributed by atoms with Crippen LogP contribution in [-0.2, 0) is 11.3 Å². The van der Waals surface area contributed by atoms with Crippen molar-refractivity contribution in [1.82, 2.24) is 0 Å². The highest BCUT2D eigenvalue weighted by atomic mass is 79.9. The van der Waals surface area contributed by atoms with Crippen molar-refractivity contribution in [2.75, 3.05) is 5.73 Å². The quantitative estimate of drug-likeness (QED) is 0.682. The monoisotopic (exact) mass is 344 g/mol. The van der Waals surface area contributed by atoms with E-state index in [0.29, 0.717) is 22.4 Å². The summed E-state index contributed by atoms with van der Waals surface area (Å²) in [5, 5.41) is 8.84. The number of esters is 1. The zero-order valence-electron chi connectivity index (χ0n) is 11.4. The number of nitrogens with two attached hydrogens (primary N) is 1. The summed E-state index contributed by atoms with van der Waals surface area (Å²) in [4.78, 5) is 12.1. The van der Waals surface area contributed by atoms with Gasteiger partial charge in [0.2, 0.25) is 0 Å². The molecule has 0 atom stereocenters. The van der Waals surface area contributed by atoms with Crippen LogP contribution in [0.4, 0.5) is 5.69 Å².